The number of rotatable bonds is 5. The van der Waals surface area contributed by atoms with Crippen LogP contribution in [0.1, 0.15) is 53.1 Å². The largest absolute Gasteiger partial charge is 0.497 e. The molecule has 1 aromatic carbocycles. The zero-order valence-electron chi connectivity index (χ0n) is 19.6. The van der Waals surface area contributed by atoms with Crippen LogP contribution in [0.15, 0.2) is 48.8 Å². The first-order valence-corrected chi connectivity index (χ1v) is 12.0. The van der Waals surface area contributed by atoms with Crippen LogP contribution in [0.25, 0.3) is 5.52 Å². The summed E-state index contributed by atoms with van der Waals surface area (Å²) in [5.41, 5.74) is 3.80. The number of carbonyl (C=O) groups excluding carboxylic acids is 2. The van der Waals surface area contributed by atoms with E-state index in [1.54, 1.807) is 17.8 Å². The number of benzene rings is 1. The fourth-order valence-electron chi connectivity index (χ4n) is 4.96. The molecule has 2 aliphatic heterocycles. The minimum atomic E-state index is -0.0287. The molecule has 2 saturated heterocycles. The zero-order chi connectivity index (χ0) is 23.5. The summed E-state index contributed by atoms with van der Waals surface area (Å²) in [6.45, 7) is 3.57. The second-order valence-electron chi connectivity index (χ2n) is 9.12. The Morgan fingerprint density at radius 2 is 1.76 bits per heavy atom. The number of fused-ring (bicyclic) bond motifs is 1. The molecule has 34 heavy (non-hydrogen) atoms. The molecule has 0 saturated carbocycles. The summed E-state index contributed by atoms with van der Waals surface area (Å²) in [6, 6.07) is 11.9. The molecule has 8 nitrogen and oxygen atoms in total. The number of piperidine rings is 1. The molecule has 5 rings (SSSR count). The van der Waals surface area contributed by atoms with Crippen LogP contribution in [0.3, 0.4) is 0 Å². The highest BCUT2D eigenvalue weighted by Crippen LogP contribution is 2.30. The van der Waals surface area contributed by atoms with E-state index in [-0.39, 0.29) is 11.9 Å². The minimum Gasteiger partial charge on any atom is -0.497 e. The van der Waals surface area contributed by atoms with Crippen molar-refractivity contribution in [1.29, 1.82) is 0 Å². The second-order valence-corrected chi connectivity index (χ2v) is 9.12. The first-order chi connectivity index (χ1) is 16.6. The van der Waals surface area contributed by atoms with Gasteiger partial charge >= 0.3 is 6.03 Å². The van der Waals surface area contributed by atoms with E-state index in [2.05, 4.69) is 22.5 Å². The molecule has 2 fully saturated rings. The third-order valence-electron chi connectivity index (χ3n) is 7.03. The maximum Gasteiger partial charge on any atom is 0.317 e. The van der Waals surface area contributed by atoms with Crippen LogP contribution in [0.2, 0.25) is 0 Å². The van der Waals surface area contributed by atoms with Crippen LogP contribution in [0.5, 0.6) is 5.75 Å². The monoisotopic (exact) mass is 461 g/mol. The fraction of sp³-hybridized carbons (Fsp3) is 0.423. The first kappa shape index (κ1) is 22.3. The van der Waals surface area contributed by atoms with Crippen LogP contribution in [0, 0.1) is 0 Å². The minimum absolute atomic E-state index is 0.0287. The number of aromatic nitrogens is 2. The standard InChI is InChI=1S/C26H31N5O3/c1-34-22-6-4-19(5-7-22)17-27-26(33)30-13-8-20(9-14-30)21-10-15-31-24(16-21)23(18-28-31)25(32)29-11-2-3-12-29/h4-7,10,15-16,18,20H,2-3,8-9,11-14,17H2,1H3,(H,27,33). The number of hydrogen-bond donors (Lipinski definition) is 1. The lowest BCUT2D eigenvalue weighted by Crippen LogP contribution is -2.43. The molecule has 3 amide bonds. The molecule has 3 aromatic rings. The summed E-state index contributed by atoms with van der Waals surface area (Å²) < 4.78 is 6.96. The van der Waals surface area contributed by atoms with Crippen molar-refractivity contribution in [3.8, 4) is 5.75 Å². The van der Waals surface area contributed by atoms with Crippen LogP contribution < -0.4 is 10.1 Å². The summed E-state index contributed by atoms with van der Waals surface area (Å²) >= 11 is 0. The molecule has 0 aliphatic carbocycles. The zero-order valence-corrected chi connectivity index (χ0v) is 19.6. The Kier molecular flexibility index (Phi) is 6.38. The molecule has 0 atom stereocenters. The highest BCUT2D eigenvalue weighted by atomic mass is 16.5. The van der Waals surface area contributed by atoms with Gasteiger partial charge in [-0.15, -0.1) is 0 Å². The van der Waals surface area contributed by atoms with E-state index in [0.717, 1.165) is 55.6 Å². The van der Waals surface area contributed by atoms with Crippen LogP contribution >= 0.6 is 0 Å². The highest BCUT2D eigenvalue weighted by Gasteiger charge is 2.26. The van der Waals surface area contributed by atoms with Gasteiger partial charge in [0.1, 0.15) is 5.75 Å². The molecular weight excluding hydrogens is 430 g/mol. The van der Waals surface area contributed by atoms with E-state index in [4.69, 9.17) is 4.74 Å². The molecule has 178 valence electrons. The lowest BCUT2D eigenvalue weighted by molar-refractivity contribution is 0.0794. The SMILES string of the molecule is COc1ccc(CNC(=O)N2CCC(c3ccn4ncc(C(=O)N5CCCC5)c4c3)CC2)cc1. The van der Waals surface area contributed by atoms with Gasteiger partial charge in [0, 0.05) is 38.9 Å². The van der Waals surface area contributed by atoms with Crippen LogP contribution in [-0.2, 0) is 6.54 Å². The first-order valence-electron chi connectivity index (χ1n) is 12.0. The average Bonchev–Trinajstić information content (AvgIpc) is 3.57. The van der Waals surface area contributed by atoms with E-state index in [0.29, 0.717) is 31.1 Å². The average molecular weight is 462 g/mol. The van der Waals surface area contributed by atoms with E-state index >= 15 is 0 Å². The Morgan fingerprint density at radius 1 is 1.03 bits per heavy atom. The summed E-state index contributed by atoms with van der Waals surface area (Å²) in [4.78, 5) is 29.4. The van der Waals surface area contributed by atoms with Gasteiger partial charge in [0.25, 0.3) is 5.91 Å². The third-order valence-corrected chi connectivity index (χ3v) is 7.03. The number of amides is 3. The van der Waals surface area contributed by atoms with E-state index in [1.807, 2.05) is 40.3 Å². The van der Waals surface area contributed by atoms with Gasteiger partial charge < -0.3 is 19.9 Å². The normalized spacial score (nSPS) is 16.7. The predicted molar refractivity (Wildman–Crippen MR) is 129 cm³/mol. The lowest BCUT2D eigenvalue weighted by atomic mass is 9.89. The Labute approximate surface area is 199 Å². The molecule has 8 heteroatoms. The molecule has 2 aromatic heterocycles. The molecule has 0 spiro atoms. The predicted octanol–water partition coefficient (Wildman–Crippen LogP) is 3.67. The van der Waals surface area contributed by atoms with Gasteiger partial charge in [0.15, 0.2) is 0 Å². The van der Waals surface area contributed by atoms with Gasteiger partial charge in [0.2, 0.25) is 0 Å². The summed E-state index contributed by atoms with van der Waals surface area (Å²) in [6.07, 6.45) is 7.57. The van der Waals surface area contributed by atoms with Gasteiger partial charge in [0.05, 0.1) is 24.4 Å². The van der Waals surface area contributed by atoms with E-state index < -0.39 is 0 Å². The Bertz CT molecular complexity index is 1160. The van der Waals surface area contributed by atoms with Gasteiger partial charge in [-0.2, -0.15) is 5.10 Å². The quantitative estimate of drug-likeness (QED) is 0.629. The number of likely N-dealkylation sites (tertiary alicyclic amines) is 2. The molecule has 2 aliphatic rings. The number of ether oxygens (including phenoxy) is 1. The van der Waals surface area contributed by atoms with Crippen molar-refractivity contribution in [2.24, 2.45) is 0 Å². The molecule has 0 radical (unpaired) electrons. The number of urea groups is 1. The molecule has 1 N–H and O–H groups in total. The van der Waals surface area contributed by atoms with Gasteiger partial charge in [-0.25, -0.2) is 9.31 Å². The maximum atomic E-state index is 12.9. The van der Waals surface area contributed by atoms with Crippen LogP contribution in [-0.4, -0.2) is 64.6 Å². The number of pyridine rings is 1. The molecule has 4 heterocycles. The van der Waals surface area contributed by atoms with Crippen molar-refractivity contribution in [2.75, 3.05) is 33.3 Å². The summed E-state index contributed by atoms with van der Waals surface area (Å²) in [5.74, 6) is 1.24. The van der Waals surface area contributed by atoms with Gasteiger partial charge in [-0.3, -0.25) is 4.79 Å². The van der Waals surface area contributed by atoms with E-state index in [1.165, 1.54) is 5.56 Å². The maximum absolute atomic E-state index is 12.9. The van der Waals surface area contributed by atoms with Gasteiger partial charge in [-0.05, 0) is 67.0 Å². The number of carbonyl (C=O) groups is 2. The third kappa shape index (κ3) is 4.58. The van der Waals surface area contributed by atoms with Crippen molar-refractivity contribution in [3.05, 3.63) is 65.5 Å². The van der Waals surface area contributed by atoms with Crippen LogP contribution in [0.4, 0.5) is 4.79 Å². The van der Waals surface area contributed by atoms with Crippen molar-refractivity contribution in [3.63, 3.8) is 0 Å². The highest BCUT2D eigenvalue weighted by molar-refractivity contribution is 6.00. The van der Waals surface area contributed by atoms with E-state index in [9.17, 15) is 9.59 Å². The molecule has 0 unspecified atom stereocenters. The van der Waals surface area contributed by atoms with Gasteiger partial charge in [-0.1, -0.05) is 12.1 Å². The Morgan fingerprint density at radius 3 is 2.47 bits per heavy atom. The summed E-state index contributed by atoms with van der Waals surface area (Å²) in [5, 5.41) is 7.41. The number of hydrogen-bond acceptors (Lipinski definition) is 4. The van der Waals surface area contributed by atoms with Crippen molar-refractivity contribution in [1.82, 2.24) is 24.7 Å². The topological polar surface area (TPSA) is 79.2 Å². The summed E-state index contributed by atoms with van der Waals surface area (Å²) in [7, 11) is 1.64. The number of nitrogens with zero attached hydrogens (tertiary/aromatic N) is 4. The smallest absolute Gasteiger partial charge is 0.317 e. The molecule has 0 bridgehead atoms. The Hall–Kier alpha value is -3.55. The van der Waals surface area contributed by atoms with Crippen molar-refractivity contribution >= 4 is 17.5 Å². The number of methoxy groups -OCH3 is 1. The van der Waals surface area contributed by atoms with Crippen molar-refractivity contribution in [2.45, 2.75) is 38.1 Å². The second kappa shape index (κ2) is 9.75. The fourth-order valence-corrected chi connectivity index (χ4v) is 4.96. The Balaban J connectivity index is 1.19. The van der Waals surface area contributed by atoms with Crippen molar-refractivity contribution < 1.29 is 14.3 Å². The molecular formula is C26H31N5O3. The number of nitrogens with one attached hydrogen (secondary N) is 1. The lowest BCUT2D eigenvalue weighted by Gasteiger charge is -2.32.